The first kappa shape index (κ1) is 14.1. The van der Waals surface area contributed by atoms with Crippen molar-refractivity contribution in [2.24, 2.45) is 0 Å². The average Bonchev–Trinajstić information content (AvgIpc) is 2.45. The van der Waals surface area contributed by atoms with Crippen molar-refractivity contribution in [1.29, 1.82) is 0 Å². The number of hydrogen-bond donors (Lipinski definition) is 2. The average molecular weight is 367 g/mol. The normalized spacial score (nSPS) is 10.8. The van der Waals surface area contributed by atoms with Crippen LogP contribution in [0.1, 0.15) is 0 Å². The van der Waals surface area contributed by atoms with Crippen molar-refractivity contribution in [1.82, 2.24) is 4.98 Å². The lowest BCUT2D eigenvalue weighted by atomic mass is 10.1. The smallest absolute Gasteiger partial charge is 0.148 e. The summed E-state index contributed by atoms with van der Waals surface area (Å²) in [5, 5.41) is 4.05. The van der Waals surface area contributed by atoms with Gasteiger partial charge in [-0.1, -0.05) is 33.6 Å². The van der Waals surface area contributed by atoms with Crippen molar-refractivity contribution in [2.75, 3.05) is 11.1 Å². The molecule has 0 unspecified atom stereocenters. The van der Waals surface area contributed by atoms with E-state index in [-0.39, 0.29) is 10.7 Å². The number of benzene rings is 2. The minimum Gasteiger partial charge on any atom is -0.396 e. The number of nitrogens with one attached hydrogen (secondary N) is 1. The highest BCUT2D eigenvalue weighted by molar-refractivity contribution is 9.10. The Hall–Kier alpha value is -1.85. The van der Waals surface area contributed by atoms with Crippen molar-refractivity contribution in [3.05, 3.63) is 57.9 Å². The first-order valence-electron chi connectivity index (χ1n) is 6.11. The third-order valence-electron chi connectivity index (χ3n) is 3.07. The first-order valence-corrected chi connectivity index (χ1v) is 7.28. The Morgan fingerprint density at radius 3 is 2.76 bits per heavy atom. The van der Waals surface area contributed by atoms with Crippen LogP contribution < -0.4 is 11.1 Å². The molecule has 0 radical (unpaired) electrons. The van der Waals surface area contributed by atoms with E-state index in [1.807, 2.05) is 18.2 Å². The maximum absolute atomic E-state index is 13.9. The molecule has 0 fully saturated rings. The molecular formula is C15H10BrClFN3. The zero-order valence-corrected chi connectivity index (χ0v) is 13.0. The van der Waals surface area contributed by atoms with Gasteiger partial charge in [0.15, 0.2) is 0 Å². The van der Waals surface area contributed by atoms with Gasteiger partial charge in [-0.2, -0.15) is 0 Å². The van der Waals surface area contributed by atoms with Crippen molar-refractivity contribution >= 4 is 55.5 Å². The molecule has 3 rings (SSSR count). The van der Waals surface area contributed by atoms with Gasteiger partial charge in [0, 0.05) is 9.86 Å². The molecule has 3 nitrogen and oxygen atoms in total. The maximum Gasteiger partial charge on any atom is 0.148 e. The van der Waals surface area contributed by atoms with E-state index >= 15 is 0 Å². The van der Waals surface area contributed by atoms with E-state index in [0.29, 0.717) is 11.4 Å². The number of rotatable bonds is 2. The molecule has 2 aromatic carbocycles. The summed E-state index contributed by atoms with van der Waals surface area (Å²) in [4.78, 5) is 4.26. The van der Waals surface area contributed by atoms with Crippen molar-refractivity contribution < 1.29 is 4.39 Å². The van der Waals surface area contributed by atoms with E-state index in [1.165, 1.54) is 12.3 Å². The summed E-state index contributed by atoms with van der Waals surface area (Å²) in [6, 6.07) is 10.1. The molecule has 0 aliphatic rings. The molecule has 0 saturated carbocycles. The maximum atomic E-state index is 13.9. The SMILES string of the molecule is Nc1cnc2ccc(Br)cc2c1Nc1c(F)cccc1Cl. The minimum absolute atomic E-state index is 0.193. The van der Waals surface area contributed by atoms with Crippen LogP contribution in [0.5, 0.6) is 0 Å². The van der Waals surface area contributed by atoms with Crippen LogP contribution in [0.4, 0.5) is 21.5 Å². The zero-order valence-electron chi connectivity index (χ0n) is 10.7. The lowest BCUT2D eigenvalue weighted by Gasteiger charge is -2.14. The fourth-order valence-corrected chi connectivity index (χ4v) is 2.63. The van der Waals surface area contributed by atoms with Crippen LogP contribution in [0.15, 0.2) is 47.1 Å². The molecule has 0 spiro atoms. The van der Waals surface area contributed by atoms with E-state index < -0.39 is 5.82 Å². The molecule has 0 amide bonds. The van der Waals surface area contributed by atoms with Gasteiger partial charge in [-0.05, 0) is 30.3 Å². The molecule has 21 heavy (non-hydrogen) atoms. The minimum atomic E-state index is -0.443. The Bertz CT molecular complexity index is 813. The molecule has 3 aromatic rings. The standard InChI is InChI=1S/C15H10BrClFN3/c16-8-4-5-13-9(6-8)14(12(19)7-20-13)21-15-10(17)2-1-3-11(15)18/h1-7H,19H2,(H,20,21). The van der Waals surface area contributed by atoms with Crippen LogP contribution >= 0.6 is 27.5 Å². The molecule has 6 heteroatoms. The molecule has 0 atom stereocenters. The van der Waals surface area contributed by atoms with Crippen LogP contribution in [-0.4, -0.2) is 4.98 Å². The Kier molecular flexibility index (Phi) is 3.69. The Balaban J connectivity index is 2.20. The topological polar surface area (TPSA) is 50.9 Å². The lowest BCUT2D eigenvalue weighted by molar-refractivity contribution is 0.632. The molecule has 0 saturated heterocycles. The second-order valence-corrected chi connectivity index (χ2v) is 5.79. The van der Waals surface area contributed by atoms with Gasteiger partial charge >= 0.3 is 0 Å². The number of pyridine rings is 1. The Morgan fingerprint density at radius 2 is 2.00 bits per heavy atom. The summed E-state index contributed by atoms with van der Waals surface area (Å²) in [7, 11) is 0. The largest absolute Gasteiger partial charge is 0.396 e. The van der Waals surface area contributed by atoms with Gasteiger partial charge in [0.05, 0.1) is 33.8 Å². The van der Waals surface area contributed by atoms with Gasteiger partial charge in [-0.3, -0.25) is 4.98 Å². The van der Waals surface area contributed by atoms with E-state index in [1.54, 1.807) is 12.1 Å². The van der Waals surface area contributed by atoms with Gasteiger partial charge in [0.2, 0.25) is 0 Å². The van der Waals surface area contributed by atoms with Crippen LogP contribution in [-0.2, 0) is 0 Å². The zero-order chi connectivity index (χ0) is 15.0. The van der Waals surface area contributed by atoms with Gasteiger partial charge in [-0.25, -0.2) is 4.39 Å². The highest BCUT2D eigenvalue weighted by atomic mass is 79.9. The third-order valence-corrected chi connectivity index (χ3v) is 3.88. The highest BCUT2D eigenvalue weighted by Gasteiger charge is 2.12. The number of nitrogens with zero attached hydrogens (tertiary/aromatic N) is 1. The van der Waals surface area contributed by atoms with Crippen molar-refractivity contribution in [3.63, 3.8) is 0 Å². The summed E-state index contributed by atoms with van der Waals surface area (Å²) in [5.41, 5.74) is 7.92. The summed E-state index contributed by atoms with van der Waals surface area (Å²) < 4.78 is 14.8. The Morgan fingerprint density at radius 1 is 1.19 bits per heavy atom. The van der Waals surface area contributed by atoms with Crippen LogP contribution in [0.2, 0.25) is 5.02 Å². The van der Waals surface area contributed by atoms with E-state index in [0.717, 1.165) is 15.4 Å². The quantitative estimate of drug-likeness (QED) is 0.662. The van der Waals surface area contributed by atoms with E-state index in [4.69, 9.17) is 17.3 Å². The number of aromatic nitrogens is 1. The Labute approximate surface area is 134 Å². The summed E-state index contributed by atoms with van der Waals surface area (Å²) in [6.45, 7) is 0. The number of halogens is 3. The van der Waals surface area contributed by atoms with Crippen LogP contribution in [0.3, 0.4) is 0 Å². The predicted octanol–water partition coefficient (Wildman–Crippen LogP) is 5.12. The number of hydrogen-bond acceptors (Lipinski definition) is 3. The number of nitrogen functional groups attached to an aromatic ring is 1. The van der Waals surface area contributed by atoms with Crippen LogP contribution in [0.25, 0.3) is 10.9 Å². The van der Waals surface area contributed by atoms with Gasteiger partial charge in [0.1, 0.15) is 5.82 Å². The summed E-state index contributed by atoms with van der Waals surface area (Å²) in [6.07, 6.45) is 1.54. The molecule has 0 aliphatic carbocycles. The second kappa shape index (κ2) is 5.50. The van der Waals surface area contributed by atoms with E-state index in [2.05, 4.69) is 26.2 Å². The molecule has 3 N–H and O–H groups in total. The highest BCUT2D eigenvalue weighted by Crippen LogP contribution is 2.35. The summed E-state index contributed by atoms with van der Waals surface area (Å²) >= 11 is 9.46. The number of fused-ring (bicyclic) bond motifs is 1. The molecule has 106 valence electrons. The predicted molar refractivity (Wildman–Crippen MR) is 88.5 cm³/mol. The molecular weight excluding hydrogens is 357 g/mol. The van der Waals surface area contributed by atoms with E-state index in [9.17, 15) is 4.39 Å². The van der Waals surface area contributed by atoms with Gasteiger partial charge in [-0.15, -0.1) is 0 Å². The van der Waals surface area contributed by atoms with Crippen LogP contribution in [0, 0.1) is 5.82 Å². The molecule has 1 heterocycles. The number of anilines is 3. The third kappa shape index (κ3) is 2.66. The molecule has 1 aromatic heterocycles. The molecule has 0 bridgehead atoms. The number of para-hydroxylation sites is 1. The van der Waals surface area contributed by atoms with Crippen molar-refractivity contribution in [2.45, 2.75) is 0 Å². The van der Waals surface area contributed by atoms with Gasteiger partial charge in [0.25, 0.3) is 0 Å². The summed E-state index contributed by atoms with van der Waals surface area (Å²) in [5.74, 6) is -0.443. The second-order valence-electron chi connectivity index (χ2n) is 4.47. The number of nitrogens with two attached hydrogens (primary N) is 1. The first-order chi connectivity index (χ1) is 10.1. The van der Waals surface area contributed by atoms with Crippen molar-refractivity contribution in [3.8, 4) is 0 Å². The molecule has 0 aliphatic heterocycles. The monoisotopic (exact) mass is 365 g/mol. The fourth-order valence-electron chi connectivity index (χ4n) is 2.06. The lowest BCUT2D eigenvalue weighted by Crippen LogP contribution is -2.01. The van der Waals surface area contributed by atoms with Gasteiger partial charge < -0.3 is 11.1 Å². The fraction of sp³-hybridized carbons (Fsp3) is 0.